The molecule has 1 aliphatic carbocycles. The number of nitrogens with zero attached hydrogens (tertiary/aromatic N) is 2. The van der Waals surface area contributed by atoms with Gasteiger partial charge >= 0.3 is 0 Å². The van der Waals surface area contributed by atoms with E-state index in [1.807, 2.05) is 6.07 Å². The summed E-state index contributed by atoms with van der Waals surface area (Å²) in [6, 6.07) is 10.3. The van der Waals surface area contributed by atoms with Gasteiger partial charge in [0, 0.05) is 5.69 Å². The second-order valence-electron chi connectivity index (χ2n) is 5.62. The van der Waals surface area contributed by atoms with Crippen LogP contribution in [0.15, 0.2) is 24.3 Å². The molecule has 3 nitrogen and oxygen atoms in total. The molecule has 0 spiro atoms. The summed E-state index contributed by atoms with van der Waals surface area (Å²) in [4.78, 5) is 4.42. The maximum Gasteiger partial charge on any atom is 0.149 e. The van der Waals surface area contributed by atoms with Gasteiger partial charge in [-0.2, -0.15) is 5.26 Å². The summed E-state index contributed by atoms with van der Waals surface area (Å²) in [6.07, 6.45) is 5.32. The van der Waals surface area contributed by atoms with Gasteiger partial charge in [0.1, 0.15) is 17.0 Å². The lowest BCUT2D eigenvalue weighted by Crippen LogP contribution is -2.03. The number of pyridine rings is 1. The Morgan fingerprint density at radius 1 is 1.36 bits per heavy atom. The molecule has 0 amide bonds. The van der Waals surface area contributed by atoms with E-state index >= 15 is 0 Å². The molecule has 1 aliphatic rings. The zero-order valence-corrected chi connectivity index (χ0v) is 13.4. The van der Waals surface area contributed by atoms with E-state index in [9.17, 15) is 0 Å². The number of fused-ring (bicyclic) bond motifs is 1. The van der Waals surface area contributed by atoms with Crippen LogP contribution >= 0.6 is 11.6 Å². The fourth-order valence-electron chi connectivity index (χ4n) is 3.04. The summed E-state index contributed by atoms with van der Waals surface area (Å²) in [7, 11) is 0. The van der Waals surface area contributed by atoms with Crippen molar-refractivity contribution < 1.29 is 0 Å². The van der Waals surface area contributed by atoms with Gasteiger partial charge in [0.25, 0.3) is 0 Å². The van der Waals surface area contributed by atoms with Gasteiger partial charge in [0.2, 0.25) is 0 Å². The van der Waals surface area contributed by atoms with Gasteiger partial charge in [0.15, 0.2) is 0 Å². The van der Waals surface area contributed by atoms with Crippen LogP contribution in [-0.4, -0.2) is 4.98 Å². The minimum atomic E-state index is 0.262. The number of aromatic nitrogens is 1. The second kappa shape index (κ2) is 6.37. The Bertz CT molecular complexity index is 747. The standard InChI is InChI=1S/C18H18ClN3/c1-2-5-13-10-14(11-20)17(19)22-18(13)21-16-9-4-7-12-6-3-8-15(12)16/h4,7,9-10H,2-3,5-6,8H2,1H3,(H,21,22). The molecule has 2 aromatic rings. The van der Waals surface area contributed by atoms with Crippen molar-refractivity contribution in [3.8, 4) is 6.07 Å². The molecule has 1 heterocycles. The van der Waals surface area contributed by atoms with Crippen LogP contribution in [0.3, 0.4) is 0 Å². The molecule has 3 rings (SSSR count). The molecule has 0 radical (unpaired) electrons. The van der Waals surface area contributed by atoms with E-state index in [0.717, 1.165) is 42.8 Å². The van der Waals surface area contributed by atoms with E-state index in [-0.39, 0.29) is 5.15 Å². The lowest BCUT2D eigenvalue weighted by atomic mass is 10.1. The molecule has 0 bridgehead atoms. The van der Waals surface area contributed by atoms with Gasteiger partial charge in [-0.3, -0.25) is 0 Å². The number of hydrogen-bond acceptors (Lipinski definition) is 3. The monoisotopic (exact) mass is 311 g/mol. The van der Waals surface area contributed by atoms with Crippen LogP contribution in [0.5, 0.6) is 0 Å². The quantitative estimate of drug-likeness (QED) is 0.826. The maximum absolute atomic E-state index is 9.12. The number of benzene rings is 1. The minimum Gasteiger partial charge on any atom is -0.340 e. The second-order valence-corrected chi connectivity index (χ2v) is 5.98. The van der Waals surface area contributed by atoms with Crippen molar-refractivity contribution in [1.82, 2.24) is 4.98 Å². The van der Waals surface area contributed by atoms with Crippen LogP contribution in [0, 0.1) is 11.3 Å². The van der Waals surface area contributed by atoms with Gasteiger partial charge in [-0.25, -0.2) is 4.98 Å². The largest absolute Gasteiger partial charge is 0.340 e. The number of halogens is 1. The van der Waals surface area contributed by atoms with Gasteiger partial charge in [-0.1, -0.05) is 37.1 Å². The van der Waals surface area contributed by atoms with Crippen LogP contribution in [0.2, 0.25) is 5.15 Å². The molecule has 1 N–H and O–H groups in total. The predicted molar refractivity (Wildman–Crippen MR) is 89.7 cm³/mol. The first kappa shape index (κ1) is 14.9. The highest BCUT2D eigenvalue weighted by Gasteiger charge is 2.16. The van der Waals surface area contributed by atoms with E-state index in [2.05, 4.69) is 41.5 Å². The molecule has 0 saturated heterocycles. The smallest absolute Gasteiger partial charge is 0.149 e. The number of anilines is 2. The zero-order valence-electron chi connectivity index (χ0n) is 12.6. The highest BCUT2D eigenvalue weighted by molar-refractivity contribution is 6.30. The van der Waals surface area contributed by atoms with Gasteiger partial charge in [0.05, 0.1) is 5.56 Å². The molecule has 112 valence electrons. The van der Waals surface area contributed by atoms with E-state index in [1.54, 1.807) is 0 Å². The third kappa shape index (κ3) is 2.80. The van der Waals surface area contributed by atoms with Crippen LogP contribution in [0.1, 0.15) is 42.0 Å². The Morgan fingerprint density at radius 3 is 3.00 bits per heavy atom. The Morgan fingerprint density at radius 2 is 2.23 bits per heavy atom. The highest BCUT2D eigenvalue weighted by atomic mass is 35.5. The average molecular weight is 312 g/mol. The zero-order chi connectivity index (χ0) is 15.5. The molecule has 0 fully saturated rings. The van der Waals surface area contributed by atoms with E-state index in [4.69, 9.17) is 16.9 Å². The highest BCUT2D eigenvalue weighted by Crippen LogP contribution is 2.32. The van der Waals surface area contributed by atoms with Crippen molar-refractivity contribution >= 4 is 23.1 Å². The van der Waals surface area contributed by atoms with Crippen LogP contribution in [0.4, 0.5) is 11.5 Å². The predicted octanol–water partition coefficient (Wildman–Crippen LogP) is 4.79. The molecule has 0 unspecified atom stereocenters. The number of nitrogens with one attached hydrogen (secondary N) is 1. The SMILES string of the molecule is CCCc1cc(C#N)c(Cl)nc1Nc1cccc2c1CCC2. The van der Waals surface area contributed by atoms with E-state index in [0.29, 0.717) is 5.56 Å². The fraction of sp³-hybridized carbons (Fsp3) is 0.333. The first-order valence-electron chi connectivity index (χ1n) is 7.70. The first-order valence-corrected chi connectivity index (χ1v) is 8.08. The molecule has 0 aliphatic heterocycles. The third-order valence-corrected chi connectivity index (χ3v) is 4.38. The Kier molecular flexibility index (Phi) is 4.31. The molecule has 0 saturated carbocycles. The molecular weight excluding hydrogens is 294 g/mol. The summed E-state index contributed by atoms with van der Waals surface area (Å²) in [5.41, 5.74) is 5.39. The molecule has 22 heavy (non-hydrogen) atoms. The summed E-state index contributed by atoms with van der Waals surface area (Å²) in [5.74, 6) is 0.770. The topological polar surface area (TPSA) is 48.7 Å². The molecule has 0 atom stereocenters. The van der Waals surface area contributed by atoms with Crippen LogP contribution in [0.25, 0.3) is 0 Å². The van der Waals surface area contributed by atoms with E-state index in [1.165, 1.54) is 17.5 Å². The summed E-state index contributed by atoms with van der Waals surface area (Å²) in [6.45, 7) is 2.12. The molecule has 4 heteroatoms. The van der Waals surface area contributed by atoms with Crippen molar-refractivity contribution in [2.45, 2.75) is 39.0 Å². The maximum atomic E-state index is 9.12. The summed E-state index contributed by atoms with van der Waals surface area (Å²) in [5, 5.41) is 12.8. The number of rotatable bonds is 4. The summed E-state index contributed by atoms with van der Waals surface area (Å²) >= 11 is 6.11. The van der Waals surface area contributed by atoms with Crippen molar-refractivity contribution in [1.29, 1.82) is 5.26 Å². The van der Waals surface area contributed by atoms with Gasteiger partial charge < -0.3 is 5.32 Å². The average Bonchev–Trinajstić information content (AvgIpc) is 2.99. The molecular formula is C18H18ClN3. The van der Waals surface area contributed by atoms with Crippen LogP contribution < -0.4 is 5.32 Å². The number of nitriles is 1. The van der Waals surface area contributed by atoms with Gasteiger partial charge in [-0.05, 0) is 54.5 Å². The number of hydrogen-bond donors (Lipinski definition) is 1. The lowest BCUT2D eigenvalue weighted by molar-refractivity contribution is 0.910. The van der Waals surface area contributed by atoms with E-state index < -0.39 is 0 Å². The first-order chi connectivity index (χ1) is 10.7. The minimum absolute atomic E-state index is 0.262. The summed E-state index contributed by atoms with van der Waals surface area (Å²) < 4.78 is 0. The third-order valence-electron chi connectivity index (χ3n) is 4.09. The molecule has 1 aromatic carbocycles. The van der Waals surface area contributed by atoms with Crippen LogP contribution in [-0.2, 0) is 19.3 Å². The molecule has 1 aromatic heterocycles. The number of aryl methyl sites for hydroxylation is 2. The Hall–Kier alpha value is -2.05. The lowest BCUT2D eigenvalue weighted by Gasteiger charge is -2.14. The van der Waals surface area contributed by atoms with Crippen molar-refractivity contribution in [2.75, 3.05) is 5.32 Å². The fourth-order valence-corrected chi connectivity index (χ4v) is 3.22. The van der Waals surface area contributed by atoms with Crippen molar-refractivity contribution in [3.63, 3.8) is 0 Å². The van der Waals surface area contributed by atoms with Crippen molar-refractivity contribution in [3.05, 3.63) is 51.7 Å². The Balaban J connectivity index is 2.00. The van der Waals surface area contributed by atoms with Gasteiger partial charge in [-0.15, -0.1) is 0 Å². The van der Waals surface area contributed by atoms with Crippen molar-refractivity contribution in [2.24, 2.45) is 0 Å². The Labute approximate surface area is 136 Å². The normalized spacial score (nSPS) is 12.8.